The maximum absolute atomic E-state index is 12.5. The van der Waals surface area contributed by atoms with Crippen molar-refractivity contribution in [3.8, 4) is 0 Å². The van der Waals surface area contributed by atoms with Gasteiger partial charge in [0, 0.05) is 30.4 Å². The van der Waals surface area contributed by atoms with E-state index in [1.165, 1.54) is 25.0 Å². The van der Waals surface area contributed by atoms with Gasteiger partial charge in [-0.15, -0.1) is 0 Å². The zero-order valence-electron chi connectivity index (χ0n) is 14.6. The number of fused-ring (bicyclic) bond motifs is 1. The molecule has 0 atom stereocenters. The highest BCUT2D eigenvalue weighted by molar-refractivity contribution is 6.36. The lowest BCUT2D eigenvalue weighted by atomic mass is 9.93. The summed E-state index contributed by atoms with van der Waals surface area (Å²) in [5.74, 6) is 0.623. The molecule has 0 radical (unpaired) electrons. The number of nitrogens with zero attached hydrogens (tertiary/aromatic N) is 1. The van der Waals surface area contributed by atoms with E-state index in [1.54, 1.807) is 0 Å². The second kappa shape index (κ2) is 5.44. The lowest BCUT2D eigenvalue weighted by molar-refractivity contribution is -0.111. The molecule has 1 aromatic carbocycles. The number of hydrogen-bond acceptors (Lipinski definition) is 3. The molecule has 1 amide bonds. The molecule has 4 nitrogen and oxygen atoms in total. The number of carbonyl (C=O) groups is 1. The molecule has 0 aromatic heterocycles. The van der Waals surface area contributed by atoms with Crippen LogP contribution >= 0.6 is 0 Å². The molecule has 124 valence electrons. The average molecular weight is 322 g/mol. The van der Waals surface area contributed by atoms with Crippen LogP contribution < -0.4 is 10.8 Å². The molecule has 0 spiro atoms. The van der Waals surface area contributed by atoms with Crippen molar-refractivity contribution in [1.29, 1.82) is 0 Å². The van der Waals surface area contributed by atoms with Crippen LogP contribution in [0.15, 0.2) is 35.7 Å². The summed E-state index contributed by atoms with van der Waals surface area (Å²) in [5, 5.41) is 2.97. The van der Waals surface area contributed by atoms with E-state index >= 15 is 0 Å². The highest BCUT2D eigenvalue weighted by Crippen LogP contribution is 2.42. The number of rotatable bonds is 1. The summed E-state index contributed by atoms with van der Waals surface area (Å²) in [5.41, 5.74) is 4.41. The Bertz CT molecular complexity index is 774. The SMILES string of the molecule is Bc1ccc2c(c1)NC(=O)/C2=C1\C=C(N2CCCCC2)C(C)(C)O1. The summed E-state index contributed by atoms with van der Waals surface area (Å²) >= 11 is 0. The van der Waals surface area contributed by atoms with Gasteiger partial charge >= 0.3 is 0 Å². The number of carbonyl (C=O) groups excluding carboxylic acids is 1. The predicted octanol–water partition coefficient (Wildman–Crippen LogP) is 1.79. The minimum atomic E-state index is -0.395. The molecule has 0 bridgehead atoms. The number of likely N-dealkylation sites (tertiary alicyclic amines) is 1. The zero-order valence-corrected chi connectivity index (χ0v) is 14.6. The third kappa shape index (κ3) is 2.43. The van der Waals surface area contributed by atoms with Gasteiger partial charge in [-0.25, -0.2) is 0 Å². The van der Waals surface area contributed by atoms with Gasteiger partial charge in [-0.05, 0) is 39.2 Å². The first-order chi connectivity index (χ1) is 11.5. The van der Waals surface area contributed by atoms with Gasteiger partial charge in [0.25, 0.3) is 5.91 Å². The molecule has 5 heteroatoms. The topological polar surface area (TPSA) is 41.6 Å². The fourth-order valence-corrected chi connectivity index (χ4v) is 3.92. The van der Waals surface area contributed by atoms with Crippen molar-refractivity contribution in [1.82, 2.24) is 4.90 Å². The van der Waals surface area contributed by atoms with Crippen LogP contribution in [0.3, 0.4) is 0 Å². The Labute approximate surface area is 144 Å². The van der Waals surface area contributed by atoms with Crippen LogP contribution in [0.2, 0.25) is 0 Å². The largest absolute Gasteiger partial charge is 0.481 e. The molecule has 1 N–H and O–H groups in total. The highest BCUT2D eigenvalue weighted by Gasteiger charge is 2.39. The van der Waals surface area contributed by atoms with E-state index in [-0.39, 0.29) is 5.91 Å². The molecule has 24 heavy (non-hydrogen) atoms. The standard InChI is InChI=1S/C19H23BN2O2/c1-19(2)16(22-8-4-3-5-9-22)11-15(24-19)17-13-7-6-12(20)10-14(13)21-18(17)23/h6-7,10-11H,3-5,8-9,20H2,1-2H3,(H,21,23)/b17-15+. The van der Waals surface area contributed by atoms with Crippen molar-refractivity contribution in [2.45, 2.75) is 38.7 Å². The van der Waals surface area contributed by atoms with Crippen LogP contribution in [0.1, 0.15) is 38.7 Å². The second-order valence-corrected chi connectivity index (χ2v) is 7.43. The van der Waals surface area contributed by atoms with E-state index in [1.807, 2.05) is 26.0 Å². The first kappa shape index (κ1) is 15.4. The van der Waals surface area contributed by atoms with Crippen LogP contribution in [0.5, 0.6) is 0 Å². The van der Waals surface area contributed by atoms with Crippen LogP contribution in [-0.2, 0) is 9.53 Å². The Morgan fingerprint density at radius 1 is 1.21 bits per heavy atom. The monoisotopic (exact) mass is 322 g/mol. The number of hydrogen-bond donors (Lipinski definition) is 1. The Morgan fingerprint density at radius 2 is 1.96 bits per heavy atom. The van der Waals surface area contributed by atoms with Crippen LogP contribution in [0, 0.1) is 0 Å². The van der Waals surface area contributed by atoms with E-state index in [0.717, 1.165) is 29.8 Å². The summed E-state index contributed by atoms with van der Waals surface area (Å²) < 4.78 is 6.24. The lowest BCUT2D eigenvalue weighted by Crippen LogP contribution is -2.37. The number of amides is 1. The maximum atomic E-state index is 12.5. The Kier molecular flexibility index (Phi) is 3.48. The minimum Gasteiger partial charge on any atom is -0.481 e. The Hall–Kier alpha value is -2.17. The van der Waals surface area contributed by atoms with E-state index in [9.17, 15) is 4.79 Å². The first-order valence-corrected chi connectivity index (χ1v) is 8.78. The molecule has 1 fully saturated rings. The predicted molar refractivity (Wildman–Crippen MR) is 98.8 cm³/mol. The van der Waals surface area contributed by atoms with Gasteiger partial charge in [0.05, 0.1) is 11.3 Å². The Morgan fingerprint density at radius 3 is 2.71 bits per heavy atom. The lowest BCUT2D eigenvalue weighted by Gasteiger charge is -2.35. The van der Waals surface area contributed by atoms with Gasteiger partial charge in [0.2, 0.25) is 0 Å². The van der Waals surface area contributed by atoms with E-state index < -0.39 is 5.60 Å². The van der Waals surface area contributed by atoms with Crippen LogP contribution in [0.4, 0.5) is 5.69 Å². The highest BCUT2D eigenvalue weighted by atomic mass is 16.5. The molecule has 3 aliphatic heterocycles. The van der Waals surface area contributed by atoms with Crippen molar-refractivity contribution in [2.75, 3.05) is 18.4 Å². The third-order valence-corrected chi connectivity index (χ3v) is 5.11. The first-order valence-electron chi connectivity index (χ1n) is 8.78. The quantitative estimate of drug-likeness (QED) is 0.633. The fourth-order valence-electron chi connectivity index (χ4n) is 3.92. The van der Waals surface area contributed by atoms with Crippen LogP contribution in [0.25, 0.3) is 5.57 Å². The fraction of sp³-hybridized carbons (Fsp3) is 0.421. The molecule has 0 saturated carbocycles. The molecule has 3 heterocycles. The smallest absolute Gasteiger partial charge is 0.260 e. The molecule has 4 rings (SSSR count). The maximum Gasteiger partial charge on any atom is 0.260 e. The summed E-state index contributed by atoms with van der Waals surface area (Å²) in [7, 11) is 2.03. The molecule has 3 aliphatic rings. The van der Waals surface area contributed by atoms with Crippen molar-refractivity contribution < 1.29 is 9.53 Å². The molecule has 1 saturated heterocycles. The molecular formula is C19H23BN2O2. The van der Waals surface area contributed by atoms with Crippen LogP contribution in [-0.4, -0.2) is 37.3 Å². The number of allylic oxidation sites excluding steroid dienone is 1. The number of anilines is 1. The Balaban J connectivity index is 1.78. The number of nitrogens with one attached hydrogen (secondary N) is 1. The normalized spacial score (nSPS) is 25.2. The molecule has 0 aliphatic carbocycles. The zero-order chi connectivity index (χ0) is 16.9. The van der Waals surface area contributed by atoms with Crippen molar-refractivity contribution in [3.05, 3.63) is 41.3 Å². The third-order valence-electron chi connectivity index (χ3n) is 5.11. The van der Waals surface area contributed by atoms with Gasteiger partial charge in [-0.1, -0.05) is 17.6 Å². The van der Waals surface area contributed by atoms with E-state index in [4.69, 9.17) is 4.74 Å². The molecule has 0 unspecified atom stereocenters. The van der Waals surface area contributed by atoms with Crippen molar-refractivity contribution >= 4 is 30.5 Å². The second-order valence-electron chi connectivity index (χ2n) is 7.43. The molecule has 1 aromatic rings. The minimum absolute atomic E-state index is 0.0717. The van der Waals surface area contributed by atoms with Gasteiger partial charge in [0.15, 0.2) is 0 Å². The number of benzene rings is 1. The summed E-state index contributed by atoms with van der Waals surface area (Å²) in [6.07, 6.45) is 5.83. The van der Waals surface area contributed by atoms with Crippen molar-refractivity contribution in [3.63, 3.8) is 0 Å². The van der Waals surface area contributed by atoms with Gasteiger partial charge in [0.1, 0.15) is 19.2 Å². The van der Waals surface area contributed by atoms with Gasteiger partial charge in [-0.2, -0.15) is 0 Å². The summed E-state index contributed by atoms with van der Waals surface area (Å²) in [6, 6.07) is 6.05. The summed E-state index contributed by atoms with van der Waals surface area (Å²) in [6.45, 7) is 6.32. The number of ether oxygens (including phenoxy) is 1. The molecular weight excluding hydrogens is 299 g/mol. The van der Waals surface area contributed by atoms with Crippen molar-refractivity contribution in [2.24, 2.45) is 0 Å². The van der Waals surface area contributed by atoms with E-state index in [0.29, 0.717) is 11.3 Å². The van der Waals surface area contributed by atoms with Gasteiger partial charge < -0.3 is 15.0 Å². The average Bonchev–Trinajstić information content (AvgIpc) is 3.02. The summed E-state index contributed by atoms with van der Waals surface area (Å²) in [4.78, 5) is 14.9. The van der Waals surface area contributed by atoms with E-state index in [2.05, 4.69) is 30.1 Å². The van der Waals surface area contributed by atoms with Gasteiger partial charge in [-0.3, -0.25) is 4.79 Å². The number of piperidine rings is 1.